The average molecular weight is 232 g/mol. The first kappa shape index (κ1) is 13.5. The fourth-order valence-electron chi connectivity index (χ4n) is 1.81. The molecule has 0 spiro atoms. The van der Waals surface area contributed by atoms with Crippen molar-refractivity contribution in [1.29, 1.82) is 0 Å². The molecule has 1 aromatic rings. The average Bonchev–Trinajstić information content (AvgIpc) is 2.30. The second-order valence-corrected chi connectivity index (χ2v) is 4.35. The Morgan fingerprint density at radius 3 is 2.47 bits per heavy atom. The van der Waals surface area contributed by atoms with Crippen molar-refractivity contribution < 1.29 is 4.79 Å². The molecule has 1 rings (SSSR count). The van der Waals surface area contributed by atoms with E-state index in [1.807, 2.05) is 37.3 Å². The minimum absolute atomic E-state index is 0.0432. The Morgan fingerprint density at radius 1 is 1.41 bits per heavy atom. The Bertz CT molecular complexity index is 386. The summed E-state index contributed by atoms with van der Waals surface area (Å²) in [5.74, 6) is -0.220. The second-order valence-electron chi connectivity index (χ2n) is 4.35. The quantitative estimate of drug-likeness (QED) is 0.786. The smallest absolute Gasteiger partial charge is 0.231 e. The van der Waals surface area contributed by atoms with Crippen LogP contribution in [0, 0.1) is 0 Å². The van der Waals surface area contributed by atoms with Gasteiger partial charge < -0.3 is 10.6 Å². The molecular weight excluding hydrogens is 212 g/mol. The van der Waals surface area contributed by atoms with Crippen LogP contribution in [0.2, 0.25) is 0 Å². The third-order valence-electron chi connectivity index (χ3n) is 2.62. The lowest BCUT2D eigenvalue weighted by Crippen LogP contribution is -2.36. The van der Waals surface area contributed by atoms with E-state index in [0.717, 1.165) is 11.1 Å². The van der Waals surface area contributed by atoms with Crippen LogP contribution in [-0.4, -0.2) is 30.9 Å². The van der Waals surface area contributed by atoms with Crippen LogP contribution in [-0.2, 0) is 4.79 Å². The molecule has 1 amide bonds. The van der Waals surface area contributed by atoms with Gasteiger partial charge in [-0.05, 0) is 12.5 Å². The first-order valence-electron chi connectivity index (χ1n) is 5.70. The van der Waals surface area contributed by atoms with Gasteiger partial charge in [-0.2, -0.15) is 0 Å². The largest absolute Gasteiger partial charge is 0.341 e. The van der Waals surface area contributed by atoms with E-state index in [1.165, 1.54) is 0 Å². The number of likely N-dealkylation sites (N-methyl/N-ethyl adjacent to an activating group) is 1. The Kier molecular flexibility index (Phi) is 4.91. The summed E-state index contributed by atoms with van der Waals surface area (Å²) in [5, 5.41) is 0. The van der Waals surface area contributed by atoms with Gasteiger partial charge in [-0.3, -0.25) is 4.79 Å². The maximum Gasteiger partial charge on any atom is 0.231 e. The van der Waals surface area contributed by atoms with E-state index in [-0.39, 0.29) is 11.8 Å². The summed E-state index contributed by atoms with van der Waals surface area (Å²) in [6.07, 6.45) is 0. The highest BCUT2D eigenvalue weighted by Gasteiger charge is 2.21. The molecule has 1 aromatic carbocycles. The van der Waals surface area contributed by atoms with Gasteiger partial charge in [-0.25, -0.2) is 0 Å². The zero-order valence-electron chi connectivity index (χ0n) is 10.5. The van der Waals surface area contributed by atoms with E-state index in [2.05, 4.69) is 6.58 Å². The molecule has 0 aliphatic heterocycles. The van der Waals surface area contributed by atoms with Crippen molar-refractivity contribution in [3.05, 3.63) is 48.0 Å². The van der Waals surface area contributed by atoms with Crippen LogP contribution in [0.25, 0.3) is 0 Å². The van der Waals surface area contributed by atoms with Gasteiger partial charge in [0.15, 0.2) is 0 Å². The van der Waals surface area contributed by atoms with Crippen molar-refractivity contribution in [3.63, 3.8) is 0 Å². The molecule has 0 heterocycles. The fraction of sp³-hybridized carbons (Fsp3) is 0.357. The molecule has 3 nitrogen and oxygen atoms in total. The van der Waals surface area contributed by atoms with Crippen molar-refractivity contribution in [2.45, 2.75) is 12.8 Å². The Morgan fingerprint density at radius 2 is 2.00 bits per heavy atom. The summed E-state index contributed by atoms with van der Waals surface area (Å²) < 4.78 is 0. The summed E-state index contributed by atoms with van der Waals surface area (Å²) in [5.41, 5.74) is 7.63. The predicted octanol–water partition coefficient (Wildman–Crippen LogP) is 1.76. The molecular formula is C14H20N2O. The van der Waals surface area contributed by atoms with Gasteiger partial charge in [0.1, 0.15) is 0 Å². The molecule has 2 N–H and O–H groups in total. The van der Waals surface area contributed by atoms with Gasteiger partial charge in [0, 0.05) is 20.1 Å². The van der Waals surface area contributed by atoms with Crippen molar-refractivity contribution in [2.75, 3.05) is 20.1 Å². The van der Waals surface area contributed by atoms with Crippen LogP contribution < -0.4 is 5.73 Å². The molecule has 1 unspecified atom stereocenters. The Labute approximate surface area is 103 Å². The molecule has 0 aliphatic carbocycles. The molecule has 0 bridgehead atoms. The molecule has 92 valence electrons. The van der Waals surface area contributed by atoms with Gasteiger partial charge in [0.2, 0.25) is 5.91 Å². The number of carbonyl (C=O) groups is 1. The maximum atomic E-state index is 12.2. The minimum Gasteiger partial charge on any atom is -0.341 e. The third kappa shape index (κ3) is 3.71. The van der Waals surface area contributed by atoms with E-state index in [4.69, 9.17) is 5.73 Å². The van der Waals surface area contributed by atoms with Gasteiger partial charge >= 0.3 is 0 Å². The lowest BCUT2D eigenvalue weighted by Gasteiger charge is -2.23. The second kappa shape index (κ2) is 6.21. The highest BCUT2D eigenvalue weighted by atomic mass is 16.2. The molecule has 3 heteroatoms. The SMILES string of the molecule is C=C(C)CN(C)C(=O)C(CN)c1ccccc1. The van der Waals surface area contributed by atoms with Gasteiger partial charge in [0.25, 0.3) is 0 Å². The highest BCUT2D eigenvalue weighted by Crippen LogP contribution is 2.16. The standard InChI is InChI=1S/C14H20N2O/c1-11(2)10-16(3)14(17)13(9-15)12-7-5-4-6-8-12/h4-8,13H,1,9-10,15H2,2-3H3. The van der Waals surface area contributed by atoms with Crippen molar-refractivity contribution in [2.24, 2.45) is 5.73 Å². The summed E-state index contributed by atoms with van der Waals surface area (Å²) >= 11 is 0. The number of nitrogens with zero attached hydrogens (tertiary/aromatic N) is 1. The maximum absolute atomic E-state index is 12.2. The van der Waals surface area contributed by atoms with E-state index in [1.54, 1.807) is 11.9 Å². The van der Waals surface area contributed by atoms with Crippen molar-refractivity contribution in [3.8, 4) is 0 Å². The number of hydrogen-bond donors (Lipinski definition) is 1. The monoisotopic (exact) mass is 232 g/mol. The zero-order valence-corrected chi connectivity index (χ0v) is 10.5. The Balaban J connectivity index is 2.81. The predicted molar refractivity (Wildman–Crippen MR) is 70.7 cm³/mol. The molecule has 0 fully saturated rings. The summed E-state index contributed by atoms with van der Waals surface area (Å²) in [6.45, 7) is 6.61. The van der Waals surface area contributed by atoms with Crippen LogP contribution in [0.1, 0.15) is 18.4 Å². The number of rotatable bonds is 5. The molecule has 0 radical (unpaired) electrons. The van der Waals surface area contributed by atoms with Crippen LogP contribution in [0.3, 0.4) is 0 Å². The van der Waals surface area contributed by atoms with Crippen molar-refractivity contribution >= 4 is 5.91 Å². The molecule has 0 aromatic heterocycles. The van der Waals surface area contributed by atoms with E-state index in [0.29, 0.717) is 13.1 Å². The zero-order chi connectivity index (χ0) is 12.8. The lowest BCUT2D eigenvalue weighted by molar-refractivity contribution is -0.130. The molecule has 17 heavy (non-hydrogen) atoms. The first-order valence-corrected chi connectivity index (χ1v) is 5.70. The van der Waals surface area contributed by atoms with Gasteiger partial charge in [-0.1, -0.05) is 42.5 Å². The minimum atomic E-state index is -0.263. The molecule has 1 atom stereocenters. The number of amides is 1. The third-order valence-corrected chi connectivity index (χ3v) is 2.62. The van der Waals surface area contributed by atoms with Crippen LogP contribution in [0.15, 0.2) is 42.5 Å². The lowest BCUT2D eigenvalue weighted by atomic mass is 9.98. The van der Waals surface area contributed by atoms with Gasteiger partial charge in [-0.15, -0.1) is 0 Å². The highest BCUT2D eigenvalue weighted by molar-refractivity contribution is 5.84. The fourth-order valence-corrected chi connectivity index (χ4v) is 1.81. The molecule has 0 aliphatic rings. The van der Waals surface area contributed by atoms with Crippen LogP contribution in [0.5, 0.6) is 0 Å². The van der Waals surface area contributed by atoms with Crippen molar-refractivity contribution in [1.82, 2.24) is 4.90 Å². The van der Waals surface area contributed by atoms with E-state index < -0.39 is 0 Å². The summed E-state index contributed by atoms with van der Waals surface area (Å²) in [7, 11) is 1.78. The number of hydrogen-bond acceptors (Lipinski definition) is 2. The Hall–Kier alpha value is -1.61. The number of carbonyl (C=O) groups excluding carboxylic acids is 1. The topological polar surface area (TPSA) is 46.3 Å². The first-order chi connectivity index (χ1) is 8.06. The van der Waals surface area contributed by atoms with Gasteiger partial charge in [0.05, 0.1) is 5.92 Å². The molecule has 0 saturated carbocycles. The number of nitrogens with two attached hydrogens (primary N) is 1. The van der Waals surface area contributed by atoms with E-state index in [9.17, 15) is 4.79 Å². The summed E-state index contributed by atoms with van der Waals surface area (Å²) in [4.78, 5) is 13.9. The number of benzene rings is 1. The normalized spacial score (nSPS) is 11.9. The van der Waals surface area contributed by atoms with Crippen LogP contribution in [0.4, 0.5) is 0 Å². The van der Waals surface area contributed by atoms with E-state index >= 15 is 0 Å². The van der Waals surface area contributed by atoms with Crippen LogP contribution >= 0.6 is 0 Å². The summed E-state index contributed by atoms with van der Waals surface area (Å²) in [6, 6.07) is 9.64. The molecule has 0 saturated heterocycles.